The lowest BCUT2D eigenvalue weighted by molar-refractivity contribution is 0.533. The molecule has 0 aromatic rings. The molecule has 1 nitrogen and oxygen atoms in total. The molecule has 0 saturated carbocycles. The van der Waals surface area contributed by atoms with Gasteiger partial charge in [0.05, 0.1) is 18.5 Å². The number of nitriles is 1. The van der Waals surface area contributed by atoms with Gasteiger partial charge in [0.15, 0.2) is 0 Å². The maximum Gasteiger partial charge on any atom is 0.0985 e. The maximum absolute atomic E-state index is 11.2. The summed E-state index contributed by atoms with van der Waals surface area (Å²) in [5.41, 5.74) is 0. The molecular formula is C4H6FNS. The summed E-state index contributed by atoms with van der Waals surface area (Å²) in [7, 11) is 0. The summed E-state index contributed by atoms with van der Waals surface area (Å²) >= 11 is 1.32. The molecule has 0 rings (SSSR count). The van der Waals surface area contributed by atoms with Crippen molar-refractivity contribution in [2.45, 2.75) is 0 Å². The van der Waals surface area contributed by atoms with E-state index < -0.39 is 0 Å². The first-order chi connectivity index (χ1) is 3.41. The Bertz CT molecular complexity index is 68.6. The molecule has 0 aromatic carbocycles. The highest BCUT2D eigenvalue weighted by molar-refractivity contribution is 7.99. The number of nitrogens with zero attached hydrogens (tertiary/aromatic N) is 1. The lowest BCUT2D eigenvalue weighted by Gasteiger charge is -1.83. The van der Waals surface area contributed by atoms with Crippen molar-refractivity contribution in [1.29, 1.82) is 5.26 Å². The van der Waals surface area contributed by atoms with Crippen LogP contribution in [0.25, 0.3) is 0 Å². The van der Waals surface area contributed by atoms with Crippen LogP contribution in [-0.2, 0) is 0 Å². The molecule has 0 aliphatic heterocycles. The monoisotopic (exact) mass is 119 g/mol. The van der Waals surface area contributed by atoms with Gasteiger partial charge < -0.3 is 0 Å². The zero-order valence-corrected chi connectivity index (χ0v) is 4.67. The Morgan fingerprint density at radius 3 is 2.86 bits per heavy atom. The van der Waals surface area contributed by atoms with E-state index in [0.29, 0.717) is 11.5 Å². The standard InChI is InChI=1S/C4H6FNS/c5-1-3-7-4-2-6/h1,3-4H2. The Labute approximate surface area is 46.5 Å². The highest BCUT2D eigenvalue weighted by Gasteiger charge is 1.81. The van der Waals surface area contributed by atoms with E-state index in [9.17, 15) is 4.39 Å². The van der Waals surface area contributed by atoms with Gasteiger partial charge in [0.2, 0.25) is 0 Å². The molecule has 7 heavy (non-hydrogen) atoms. The van der Waals surface area contributed by atoms with Crippen LogP contribution in [0.4, 0.5) is 4.39 Å². The van der Waals surface area contributed by atoms with Gasteiger partial charge >= 0.3 is 0 Å². The number of alkyl halides is 1. The minimum atomic E-state index is -0.327. The summed E-state index contributed by atoms with van der Waals surface area (Å²) in [5.74, 6) is 0.859. The Hall–Kier alpha value is -0.230. The van der Waals surface area contributed by atoms with Crippen LogP contribution in [0.1, 0.15) is 0 Å². The Morgan fingerprint density at radius 2 is 2.43 bits per heavy atom. The summed E-state index contributed by atoms with van der Waals surface area (Å²) in [4.78, 5) is 0. The second kappa shape index (κ2) is 5.77. The fraction of sp³-hybridized carbons (Fsp3) is 0.750. The minimum Gasteiger partial charge on any atom is -0.250 e. The molecule has 0 bridgehead atoms. The molecule has 3 heteroatoms. The maximum atomic E-state index is 11.2. The summed E-state index contributed by atoms with van der Waals surface area (Å²) in [6, 6.07) is 1.90. The van der Waals surface area contributed by atoms with Crippen molar-refractivity contribution in [2.24, 2.45) is 0 Å². The second-order valence-electron chi connectivity index (χ2n) is 0.900. The Morgan fingerprint density at radius 1 is 1.71 bits per heavy atom. The van der Waals surface area contributed by atoms with E-state index in [1.165, 1.54) is 11.8 Å². The fourth-order valence-electron chi connectivity index (χ4n) is 0.172. The molecule has 0 spiro atoms. The van der Waals surface area contributed by atoms with Gasteiger partial charge in [-0.2, -0.15) is 5.26 Å². The van der Waals surface area contributed by atoms with Crippen LogP contribution in [0.2, 0.25) is 0 Å². The van der Waals surface area contributed by atoms with Crippen LogP contribution in [0.3, 0.4) is 0 Å². The second-order valence-corrected chi connectivity index (χ2v) is 2.00. The molecule has 0 N–H and O–H groups in total. The SMILES string of the molecule is N#CCSCCF. The molecule has 0 atom stereocenters. The summed E-state index contributed by atoms with van der Waals surface area (Å²) in [6.45, 7) is -0.327. The molecule has 0 aliphatic carbocycles. The zero-order chi connectivity index (χ0) is 5.54. The topological polar surface area (TPSA) is 23.8 Å². The van der Waals surface area contributed by atoms with E-state index >= 15 is 0 Å². The quantitative estimate of drug-likeness (QED) is 0.521. The average molecular weight is 119 g/mol. The third-order valence-electron chi connectivity index (χ3n) is 0.388. The predicted octanol–water partition coefficient (Wildman–Crippen LogP) is 1.21. The van der Waals surface area contributed by atoms with Gasteiger partial charge in [-0.25, -0.2) is 0 Å². The largest absolute Gasteiger partial charge is 0.250 e. The van der Waals surface area contributed by atoms with Gasteiger partial charge in [0.25, 0.3) is 0 Å². The smallest absolute Gasteiger partial charge is 0.0985 e. The van der Waals surface area contributed by atoms with Crippen molar-refractivity contribution in [1.82, 2.24) is 0 Å². The molecule has 0 radical (unpaired) electrons. The molecule has 0 amide bonds. The first-order valence-electron chi connectivity index (χ1n) is 1.92. The number of rotatable bonds is 3. The van der Waals surface area contributed by atoms with E-state index in [0.717, 1.165) is 0 Å². The van der Waals surface area contributed by atoms with E-state index in [-0.39, 0.29) is 6.67 Å². The molecule has 0 aromatic heterocycles. The van der Waals surface area contributed by atoms with Gasteiger partial charge in [-0.15, -0.1) is 11.8 Å². The lowest BCUT2D eigenvalue weighted by Crippen LogP contribution is -1.79. The number of thioether (sulfide) groups is 1. The Balaban J connectivity index is 2.60. The van der Waals surface area contributed by atoms with E-state index in [1.54, 1.807) is 0 Å². The third kappa shape index (κ3) is 5.77. The van der Waals surface area contributed by atoms with Crippen LogP contribution in [-0.4, -0.2) is 18.2 Å². The normalized spacial score (nSPS) is 8.00. The van der Waals surface area contributed by atoms with Gasteiger partial charge in [0, 0.05) is 5.75 Å². The fourth-order valence-corrected chi connectivity index (χ4v) is 0.517. The molecule has 0 unspecified atom stereocenters. The van der Waals surface area contributed by atoms with Crippen molar-refractivity contribution in [3.63, 3.8) is 0 Å². The van der Waals surface area contributed by atoms with Crippen molar-refractivity contribution < 1.29 is 4.39 Å². The number of hydrogen-bond donors (Lipinski definition) is 0. The van der Waals surface area contributed by atoms with Crippen LogP contribution in [0.15, 0.2) is 0 Å². The molecular weight excluding hydrogens is 113 g/mol. The zero-order valence-electron chi connectivity index (χ0n) is 3.85. The van der Waals surface area contributed by atoms with E-state index in [4.69, 9.17) is 5.26 Å². The van der Waals surface area contributed by atoms with Gasteiger partial charge in [-0.1, -0.05) is 0 Å². The molecule has 0 fully saturated rings. The Kier molecular flexibility index (Phi) is 5.58. The van der Waals surface area contributed by atoms with Gasteiger partial charge in [-0.05, 0) is 0 Å². The summed E-state index contributed by atoms with van der Waals surface area (Å²) in [5, 5.41) is 7.90. The van der Waals surface area contributed by atoms with E-state index in [1.807, 2.05) is 6.07 Å². The molecule has 0 aliphatic rings. The first-order valence-corrected chi connectivity index (χ1v) is 3.08. The lowest BCUT2D eigenvalue weighted by atomic mass is 10.9. The summed E-state index contributed by atoms with van der Waals surface area (Å²) < 4.78 is 11.2. The van der Waals surface area contributed by atoms with Crippen LogP contribution < -0.4 is 0 Å². The molecule has 0 saturated heterocycles. The highest BCUT2D eigenvalue weighted by Crippen LogP contribution is 1.95. The number of halogens is 1. The number of hydrogen-bond acceptors (Lipinski definition) is 2. The summed E-state index contributed by atoms with van der Waals surface area (Å²) in [6.07, 6.45) is 0. The van der Waals surface area contributed by atoms with Gasteiger partial charge in [0.1, 0.15) is 0 Å². The highest BCUT2D eigenvalue weighted by atomic mass is 32.2. The minimum absolute atomic E-state index is 0.327. The predicted molar refractivity (Wildman–Crippen MR) is 28.9 cm³/mol. The van der Waals surface area contributed by atoms with E-state index in [2.05, 4.69) is 0 Å². The molecule has 0 heterocycles. The first kappa shape index (κ1) is 6.77. The average Bonchev–Trinajstić information content (AvgIpc) is 1.69. The molecule has 40 valence electrons. The van der Waals surface area contributed by atoms with Crippen LogP contribution in [0, 0.1) is 11.3 Å². The van der Waals surface area contributed by atoms with Crippen molar-refractivity contribution in [3.8, 4) is 6.07 Å². The third-order valence-corrected chi connectivity index (χ3v) is 1.16. The van der Waals surface area contributed by atoms with Crippen molar-refractivity contribution in [2.75, 3.05) is 18.2 Å². The van der Waals surface area contributed by atoms with Crippen molar-refractivity contribution in [3.05, 3.63) is 0 Å². The van der Waals surface area contributed by atoms with Crippen LogP contribution in [0.5, 0.6) is 0 Å². The van der Waals surface area contributed by atoms with Crippen LogP contribution >= 0.6 is 11.8 Å². The van der Waals surface area contributed by atoms with Crippen molar-refractivity contribution >= 4 is 11.8 Å². The van der Waals surface area contributed by atoms with Gasteiger partial charge in [-0.3, -0.25) is 4.39 Å².